The fourth-order valence-corrected chi connectivity index (χ4v) is 1.67. The van der Waals surface area contributed by atoms with E-state index in [0.29, 0.717) is 11.7 Å². The quantitative estimate of drug-likeness (QED) is 0.799. The minimum Gasteiger partial charge on any atom is -0.490 e. The number of carbonyl (C=O) groups excluding carboxylic acids is 1. The zero-order valence-corrected chi connectivity index (χ0v) is 10.7. The van der Waals surface area contributed by atoms with Crippen LogP contribution in [-0.4, -0.2) is 31.0 Å². The molecule has 0 aliphatic heterocycles. The molecule has 0 saturated heterocycles. The van der Waals surface area contributed by atoms with Crippen molar-refractivity contribution in [2.24, 2.45) is 0 Å². The first-order valence-corrected chi connectivity index (χ1v) is 6.13. The second-order valence-electron chi connectivity index (χ2n) is 4.70. The number of ether oxygens (including phenoxy) is 1. The van der Waals surface area contributed by atoms with Crippen molar-refractivity contribution < 1.29 is 9.53 Å². The number of nitrogens with zero attached hydrogens (tertiary/aromatic N) is 1. The van der Waals surface area contributed by atoms with Gasteiger partial charge in [-0.2, -0.15) is 0 Å². The summed E-state index contributed by atoms with van der Waals surface area (Å²) in [7, 11) is 3.52. The van der Waals surface area contributed by atoms with Gasteiger partial charge in [-0.25, -0.2) is 0 Å². The fourth-order valence-electron chi connectivity index (χ4n) is 1.67. The van der Waals surface area contributed by atoms with Crippen molar-refractivity contribution in [1.29, 1.82) is 0 Å². The van der Waals surface area contributed by atoms with Gasteiger partial charge in [0, 0.05) is 14.1 Å². The molecule has 92 valence electrons. The molecule has 3 nitrogen and oxygen atoms in total. The number of rotatable bonds is 4. The van der Waals surface area contributed by atoms with Crippen LogP contribution in [0, 0.1) is 0 Å². The van der Waals surface area contributed by atoms with Crippen LogP contribution in [0.1, 0.15) is 35.7 Å². The second-order valence-corrected chi connectivity index (χ2v) is 4.70. The maximum Gasteiger partial charge on any atom is 0.257 e. The van der Waals surface area contributed by atoms with Crippen molar-refractivity contribution >= 4 is 5.91 Å². The average Bonchev–Trinajstić information content (AvgIpc) is 3.11. The molecule has 0 unspecified atom stereocenters. The summed E-state index contributed by atoms with van der Waals surface area (Å²) in [5, 5.41) is 0. The lowest BCUT2D eigenvalue weighted by atomic mass is 10.1. The van der Waals surface area contributed by atoms with Crippen molar-refractivity contribution in [1.82, 2.24) is 4.90 Å². The maximum atomic E-state index is 12.0. The van der Waals surface area contributed by atoms with Crippen molar-refractivity contribution in [3.8, 4) is 5.75 Å². The molecule has 0 atom stereocenters. The number of carbonyl (C=O) groups is 1. The smallest absolute Gasteiger partial charge is 0.257 e. The Morgan fingerprint density at radius 3 is 2.65 bits per heavy atom. The molecule has 0 heterocycles. The SMILES string of the molecule is CCc1ccc(C(=O)N(C)C)c(OC2CC2)c1. The Kier molecular flexibility index (Phi) is 3.36. The third-order valence-corrected chi connectivity index (χ3v) is 2.91. The third kappa shape index (κ3) is 2.78. The molecule has 1 aromatic rings. The Balaban J connectivity index is 2.31. The predicted octanol–water partition coefficient (Wildman–Crippen LogP) is 2.49. The second kappa shape index (κ2) is 4.78. The van der Waals surface area contributed by atoms with Gasteiger partial charge in [-0.1, -0.05) is 13.0 Å². The molecular weight excluding hydrogens is 214 g/mol. The molecule has 0 radical (unpaired) electrons. The highest BCUT2D eigenvalue weighted by molar-refractivity contribution is 5.96. The van der Waals surface area contributed by atoms with Gasteiger partial charge >= 0.3 is 0 Å². The Morgan fingerprint density at radius 2 is 2.12 bits per heavy atom. The van der Waals surface area contributed by atoms with Crippen LogP contribution in [0.25, 0.3) is 0 Å². The van der Waals surface area contributed by atoms with Gasteiger partial charge in [0.1, 0.15) is 5.75 Å². The van der Waals surface area contributed by atoms with Crippen LogP contribution < -0.4 is 4.74 Å². The summed E-state index contributed by atoms with van der Waals surface area (Å²) < 4.78 is 5.82. The number of hydrogen-bond donors (Lipinski definition) is 0. The first-order valence-electron chi connectivity index (χ1n) is 6.13. The molecule has 2 rings (SSSR count). The van der Waals surface area contributed by atoms with Crippen molar-refractivity contribution in [3.05, 3.63) is 29.3 Å². The summed E-state index contributed by atoms with van der Waals surface area (Å²) in [6.45, 7) is 2.10. The number of hydrogen-bond acceptors (Lipinski definition) is 2. The van der Waals surface area contributed by atoms with Gasteiger partial charge in [0.05, 0.1) is 11.7 Å². The van der Waals surface area contributed by atoms with E-state index in [-0.39, 0.29) is 5.91 Å². The fraction of sp³-hybridized carbons (Fsp3) is 0.500. The van der Waals surface area contributed by atoms with Gasteiger partial charge in [0.25, 0.3) is 5.91 Å². The Bertz CT molecular complexity index is 422. The lowest BCUT2D eigenvalue weighted by Crippen LogP contribution is -2.22. The molecule has 0 bridgehead atoms. The molecular formula is C14H19NO2. The van der Waals surface area contributed by atoms with Gasteiger partial charge in [-0.05, 0) is 37.0 Å². The summed E-state index contributed by atoms with van der Waals surface area (Å²) in [6.07, 6.45) is 3.48. The minimum absolute atomic E-state index is 0.00306. The van der Waals surface area contributed by atoms with Crippen molar-refractivity contribution in [2.45, 2.75) is 32.3 Å². The molecule has 0 aromatic heterocycles. The lowest BCUT2D eigenvalue weighted by Gasteiger charge is -2.15. The molecule has 17 heavy (non-hydrogen) atoms. The van der Waals surface area contributed by atoms with E-state index in [0.717, 1.165) is 25.0 Å². The Hall–Kier alpha value is -1.51. The van der Waals surface area contributed by atoms with Gasteiger partial charge in [0.2, 0.25) is 0 Å². The van der Waals surface area contributed by atoms with E-state index in [1.807, 2.05) is 18.2 Å². The zero-order valence-electron chi connectivity index (χ0n) is 10.7. The van der Waals surface area contributed by atoms with Crippen LogP contribution in [0.3, 0.4) is 0 Å². The van der Waals surface area contributed by atoms with E-state index < -0.39 is 0 Å². The van der Waals surface area contributed by atoms with Crippen molar-refractivity contribution in [2.75, 3.05) is 14.1 Å². The van der Waals surface area contributed by atoms with Gasteiger partial charge in [-0.15, -0.1) is 0 Å². The summed E-state index contributed by atoms with van der Waals surface area (Å²) in [6, 6.07) is 5.87. The number of amides is 1. The van der Waals surface area contributed by atoms with E-state index >= 15 is 0 Å². The van der Waals surface area contributed by atoms with E-state index in [4.69, 9.17) is 4.74 Å². The van der Waals surface area contributed by atoms with E-state index in [9.17, 15) is 4.79 Å². The third-order valence-electron chi connectivity index (χ3n) is 2.91. The van der Waals surface area contributed by atoms with Crippen LogP contribution in [-0.2, 0) is 6.42 Å². The first-order chi connectivity index (χ1) is 8.11. The maximum absolute atomic E-state index is 12.0. The normalized spacial score (nSPS) is 14.5. The number of aryl methyl sites for hydroxylation is 1. The first kappa shape index (κ1) is 12.0. The molecule has 1 fully saturated rings. The Labute approximate surface area is 102 Å². The molecule has 1 aromatic carbocycles. The van der Waals surface area contributed by atoms with Crippen LogP contribution in [0.15, 0.2) is 18.2 Å². The highest BCUT2D eigenvalue weighted by atomic mass is 16.5. The van der Waals surface area contributed by atoms with E-state index in [2.05, 4.69) is 6.92 Å². The monoisotopic (exact) mass is 233 g/mol. The number of benzene rings is 1. The molecule has 0 spiro atoms. The summed E-state index contributed by atoms with van der Waals surface area (Å²) >= 11 is 0. The van der Waals surface area contributed by atoms with E-state index in [1.54, 1.807) is 19.0 Å². The highest BCUT2D eigenvalue weighted by Crippen LogP contribution is 2.30. The predicted molar refractivity (Wildman–Crippen MR) is 67.5 cm³/mol. The molecule has 3 heteroatoms. The van der Waals surface area contributed by atoms with Crippen molar-refractivity contribution in [3.63, 3.8) is 0 Å². The van der Waals surface area contributed by atoms with Crippen LogP contribution in [0.5, 0.6) is 5.75 Å². The molecule has 1 aliphatic carbocycles. The lowest BCUT2D eigenvalue weighted by molar-refractivity contribution is 0.0823. The van der Waals surface area contributed by atoms with Crippen LogP contribution in [0.4, 0.5) is 0 Å². The molecule has 1 saturated carbocycles. The summed E-state index contributed by atoms with van der Waals surface area (Å²) in [5.41, 5.74) is 1.87. The molecule has 1 amide bonds. The molecule has 0 N–H and O–H groups in total. The zero-order chi connectivity index (χ0) is 12.4. The topological polar surface area (TPSA) is 29.5 Å². The standard InChI is InChI=1S/C14H19NO2/c1-4-10-5-8-12(14(16)15(2)3)13(9-10)17-11-6-7-11/h5,8-9,11H,4,6-7H2,1-3H3. The minimum atomic E-state index is 0.00306. The highest BCUT2D eigenvalue weighted by Gasteiger charge is 2.26. The summed E-state index contributed by atoms with van der Waals surface area (Å²) in [5.74, 6) is 0.744. The van der Waals surface area contributed by atoms with E-state index in [1.165, 1.54) is 5.56 Å². The summed E-state index contributed by atoms with van der Waals surface area (Å²) in [4.78, 5) is 13.6. The average molecular weight is 233 g/mol. The Morgan fingerprint density at radius 1 is 1.41 bits per heavy atom. The van der Waals surface area contributed by atoms with Crippen LogP contribution in [0.2, 0.25) is 0 Å². The van der Waals surface area contributed by atoms with Gasteiger partial charge < -0.3 is 9.64 Å². The largest absolute Gasteiger partial charge is 0.490 e. The molecule has 1 aliphatic rings. The van der Waals surface area contributed by atoms with Gasteiger partial charge in [0.15, 0.2) is 0 Å². The van der Waals surface area contributed by atoms with Gasteiger partial charge in [-0.3, -0.25) is 4.79 Å². The van der Waals surface area contributed by atoms with Crippen LogP contribution >= 0.6 is 0 Å².